The highest BCUT2D eigenvalue weighted by Gasteiger charge is 2.41. The largest absolute Gasteiger partial charge is 0.481 e. The van der Waals surface area contributed by atoms with Gasteiger partial charge in [0.15, 0.2) is 5.96 Å². The summed E-state index contributed by atoms with van der Waals surface area (Å²) in [5.41, 5.74) is 17.0. The minimum atomic E-state index is -1.88. The SMILES string of the molecule is CC[C@H](C)[C@H](NC(=O)[C@H](C)N)C(=O)N[C@@H](CC(C)C)C(=O)N1CCC[C@H]1C(=O)N[C@@H](CC(=O)O)C(=O)N[C@@H](CCC(=O)O)C(=O)N[C@H](C(=O)N[C@@H](Cc1ccccc1)C(=O)N[C@@H](CCCN=C(N)N)C(=O)O)[C@@H](C)CC. The standard InChI is InChI=1S/C50H80N12O14/c1-8-27(5)39(60-41(67)29(7)51)47(73)59-35(23-26(3)4)48(74)62-22-14-18-36(62)45(71)57-34(25-38(65)66)44(70)55-31(19-20-37(63)64)42(68)61-40(28(6)9-2)46(72)58-33(24-30-15-11-10-12-16-30)43(69)56-32(49(75)76)17-13-21-54-50(52)53/h10-12,15-16,26-29,31-36,39-40H,8-9,13-14,17-25,51H2,1-7H3,(H,55,70)(H,56,69)(H,57,71)(H,58,72)(H,59,73)(H,60,67)(H,61,68)(H,63,64)(H,65,66)(H,75,76)(H4,52,53,54)/t27-,28-,29-,31-,32-,33-,34-,35-,36-,39-,40-/m0/s1. The number of benzene rings is 1. The predicted molar refractivity (Wildman–Crippen MR) is 277 cm³/mol. The van der Waals surface area contributed by atoms with Crippen LogP contribution in [0.15, 0.2) is 35.3 Å². The molecule has 16 N–H and O–H groups in total. The fourth-order valence-electron chi connectivity index (χ4n) is 8.21. The Kier molecular flexibility index (Phi) is 27.4. The zero-order valence-electron chi connectivity index (χ0n) is 44.5. The van der Waals surface area contributed by atoms with Gasteiger partial charge in [-0.2, -0.15) is 0 Å². The van der Waals surface area contributed by atoms with Crippen molar-refractivity contribution in [3.8, 4) is 0 Å². The van der Waals surface area contributed by atoms with E-state index in [1.165, 1.54) is 11.8 Å². The van der Waals surface area contributed by atoms with Gasteiger partial charge in [0, 0.05) is 25.9 Å². The highest BCUT2D eigenvalue weighted by molar-refractivity contribution is 5.99. The lowest BCUT2D eigenvalue weighted by Crippen LogP contribution is -2.61. The monoisotopic (exact) mass is 1070 g/mol. The van der Waals surface area contributed by atoms with Crippen LogP contribution in [0.25, 0.3) is 0 Å². The van der Waals surface area contributed by atoms with E-state index >= 15 is 0 Å². The van der Waals surface area contributed by atoms with Crippen LogP contribution in [0.5, 0.6) is 0 Å². The summed E-state index contributed by atoms with van der Waals surface area (Å²) in [5.74, 6) is -12.5. The number of nitrogens with two attached hydrogens (primary N) is 3. The molecule has 2 rings (SSSR count). The summed E-state index contributed by atoms with van der Waals surface area (Å²) in [4.78, 5) is 152. The molecule has 424 valence electrons. The Hall–Kier alpha value is -7.38. The van der Waals surface area contributed by atoms with Crippen molar-refractivity contribution in [2.45, 2.75) is 173 Å². The lowest BCUT2D eigenvalue weighted by Gasteiger charge is -2.32. The third-order valence-electron chi connectivity index (χ3n) is 12.9. The molecule has 1 aliphatic heterocycles. The molecule has 1 aliphatic rings. The van der Waals surface area contributed by atoms with E-state index in [4.69, 9.17) is 17.2 Å². The van der Waals surface area contributed by atoms with Gasteiger partial charge in [-0.1, -0.05) is 84.7 Å². The number of nitrogens with one attached hydrogen (secondary N) is 7. The highest BCUT2D eigenvalue weighted by atomic mass is 16.4. The van der Waals surface area contributed by atoms with Crippen molar-refractivity contribution in [3.63, 3.8) is 0 Å². The number of hydrogen-bond acceptors (Lipinski definition) is 13. The van der Waals surface area contributed by atoms with E-state index in [9.17, 15) is 68.1 Å². The number of carbonyl (C=O) groups is 11. The molecule has 1 aromatic carbocycles. The summed E-state index contributed by atoms with van der Waals surface area (Å²) < 4.78 is 0. The van der Waals surface area contributed by atoms with Crippen molar-refractivity contribution in [2.75, 3.05) is 13.1 Å². The van der Waals surface area contributed by atoms with Gasteiger partial charge in [0.25, 0.3) is 0 Å². The fourth-order valence-corrected chi connectivity index (χ4v) is 8.21. The maximum Gasteiger partial charge on any atom is 0.326 e. The van der Waals surface area contributed by atoms with Gasteiger partial charge in [0.05, 0.1) is 12.5 Å². The quantitative estimate of drug-likeness (QED) is 0.0218. The third kappa shape index (κ3) is 21.8. The first-order valence-electron chi connectivity index (χ1n) is 25.6. The van der Waals surface area contributed by atoms with Crippen LogP contribution in [0, 0.1) is 17.8 Å². The molecular weight excluding hydrogens is 993 g/mol. The van der Waals surface area contributed by atoms with Crippen LogP contribution < -0.4 is 54.4 Å². The molecule has 11 atom stereocenters. The van der Waals surface area contributed by atoms with Crippen LogP contribution >= 0.6 is 0 Å². The minimum absolute atomic E-state index is 0.0537. The molecule has 8 amide bonds. The summed E-state index contributed by atoms with van der Waals surface area (Å²) in [5, 5.41) is 47.1. The van der Waals surface area contributed by atoms with Crippen LogP contribution in [-0.2, 0) is 59.2 Å². The molecule has 26 heteroatoms. The number of aliphatic carboxylic acids is 3. The normalized spacial score (nSPS) is 17.1. The molecule has 0 aromatic heterocycles. The Labute approximate surface area is 442 Å². The number of amides is 8. The van der Waals surface area contributed by atoms with E-state index in [2.05, 4.69) is 42.2 Å². The van der Waals surface area contributed by atoms with Crippen LogP contribution in [0.2, 0.25) is 0 Å². The molecule has 0 saturated carbocycles. The van der Waals surface area contributed by atoms with E-state index in [1.807, 2.05) is 20.8 Å². The van der Waals surface area contributed by atoms with Crippen LogP contribution in [0.4, 0.5) is 0 Å². The van der Waals surface area contributed by atoms with E-state index in [-0.39, 0.29) is 69.4 Å². The molecule has 0 bridgehead atoms. The van der Waals surface area contributed by atoms with Crippen molar-refractivity contribution < 1.29 is 68.1 Å². The van der Waals surface area contributed by atoms with Gasteiger partial charge < -0.3 is 74.6 Å². The van der Waals surface area contributed by atoms with Crippen molar-refractivity contribution in [1.82, 2.24) is 42.1 Å². The van der Waals surface area contributed by atoms with Gasteiger partial charge >= 0.3 is 17.9 Å². The molecule has 0 unspecified atom stereocenters. The Balaban J connectivity index is 2.42. The van der Waals surface area contributed by atoms with E-state index in [0.717, 1.165) is 0 Å². The molecule has 1 heterocycles. The molecule has 76 heavy (non-hydrogen) atoms. The van der Waals surface area contributed by atoms with E-state index < -0.39 is 145 Å². The summed E-state index contributed by atoms with van der Waals surface area (Å²) in [6, 6.07) is -3.80. The summed E-state index contributed by atoms with van der Waals surface area (Å²) in [6.07, 6.45) is -1.04. The Morgan fingerprint density at radius 1 is 0.645 bits per heavy atom. The Morgan fingerprint density at radius 2 is 1.17 bits per heavy atom. The number of nitrogens with zero attached hydrogens (tertiary/aromatic N) is 2. The zero-order valence-corrected chi connectivity index (χ0v) is 44.5. The first kappa shape index (κ1) is 64.7. The number of carboxylic acid groups (broad SMARTS) is 3. The summed E-state index contributed by atoms with van der Waals surface area (Å²) in [6.45, 7) is 12.1. The second-order valence-electron chi connectivity index (χ2n) is 19.7. The molecule has 0 spiro atoms. The maximum absolute atomic E-state index is 14.3. The molecule has 1 fully saturated rings. The van der Waals surface area contributed by atoms with Gasteiger partial charge in [-0.05, 0) is 68.8 Å². The number of guanidine groups is 1. The fraction of sp³-hybridized carbons (Fsp3) is 0.640. The second kappa shape index (κ2) is 32.1. The average molecular weight is 1070 g/mol. The minimum Gasteiger partial charge on any atom is -0.481 e. The van der Waals surface area contributed by atoms with E-state index in [0.29, 0.717) is 18.4 Å². The molecule has 26 nitrogen and oxygen atoms in total. The van der Waals surface area contributed by atoms with Gasteiger partial charge in [0.2, 0.25) is 47.3 Å². The number of carbonyl (C=O) groups excluding carboxylic acids is 8. The number of aliphatic imine (C=N–C) groups is 1. The van der Waals surface area contributed by atoms with Crippen molar-refractivity contribution in [1.29, 1.82) is 0 Å². The number of carboxylic acids is 3. The van der Waals surface area contributed by atoms with Gasteiger partial charge in [-0.25, -0.2) is 4.79 Å². The van der Waals surface area contributed by atoms with Crippen LogP contribution in [0.1, 0.15) is 118 Å². The first-order chi connectivity index (χ1) is 35.7. The molecule has 1 saturated heterocycles. The zero-order chi connectivity index (χ0) is 57.4. The van der Waals surface area contributed by atoms with Crippen molar-refractivity contribution in [3.05, 3.63) is 35.9 Å². The van der Waals surface area contributed by atoms with Crippen LogP contribution in [-0.4, -0.2) is 159 Å². The van der Waals surface area contributed by atoms with Gasteiger partial charge in [0.1, 0.15) is 48.3 Å². The van der Waals surface area contributed by atoms with Crippen LogP contribution in [0.3, 0.4) is 0 Å². The van der Waals surface area contributed by atoms with E-state index in [1.54, 1.807) is 51.1 Å². The second-order valence-corrected chi connectivity index (χ2v) is 19.7. The van der Waals surface area contributed by atoms with Gasteiger partial charge in [-0.15, -0.1) is 0 Å². The average Bonchev–Trinajstić information content (AvgIpc) is 3.85. The topological polar surface area (TPSA) is 426 Å². The maximum atomic E-state index is 14.3. The predicted octanol–water partition coefficient (Wildman–Crippen LogP) is -1.42. The number of hydrogen-bond donors (Lipinski definition) is 13. The highest BCUT2D eigenvalue weighted by Crippen LogP contribution is 2.22. The lowest BCUT2D eigenvalue weighted by molar-refractivity contribution is -0.144. The lowest BCUT2D eigenvalue weighted by atomic mass is 9.96. The molecule has 1 aromatic rings. The van der Waals surface area contributed by atoms with Crippen molar-refractivity contribution in [2.24, 2.45) is 39.9 Å². The van der Waals surface area contributed by atoms with Gasteiger partial charge in [-0.3, -0.25) is 52.9 Å². The first-order valence-corrected chi connectivity index (χ1v) is 25.6. The van der Waals surface area contributed by atoms with Crippen molar-refractivity contribution >= 4 is 71.1 Å². The summed E-state index contributed by atoms with van der Waals surface area (Å²) >= 11 is 0. The number of likely N-dealkylation sites (tertiary alicyclic amines) is 1. The Morgan fingerprint density at radius 3 is 1.68 bits per heavy atom. The Bertz CT molecular complexity index is 2210. The summed E-state index contributed by atoms with van der Waals surface area (Å²) in [7, 11) is 0. The number of rotatable bonds is 33. The molecule has 0 aliphatic carbocycles. The molecular formula is C50H80N12O14. The molecule has 0 radical (unpaired) electrons. The smallest absolute Gasteiger partial charge is 0.326 e. The third-order valence-corrected chi connectivity index (χ3v) is 12.9.